The summed E-state index contributed by atoms with van der Waals surface area (Å²) in [6, 6.07) is 24.6. The Hall–Kier alpha value is -4.13. The van der Waals surface area contributed by atoms with Crippen LogP contribution in [0.1, 0.15) is 17.3 Å². The van der Waals surface area contributed by atoms with Gasteiger partial charge in [-0.1, -0.05) is 36.4 Å². The Kier molecular flexibility index (Phi) is 7.37. The predicted octanol–water partition coefficient (Wildman–Crippen LogP) is 3.78. The van der Waals surface area contributed by atoms with Crippen LogP contribution >= 0.6 is 0 Å². The molecule has 0 unspecified atom stereocenters. The smallest absolute Gasteiger partial charge is 0.326 e. The van der Waals surface area contributed by atoms with E-state index in [9.17, 15) is 14.4 Å². The molecule has 7 nitrogen and oxygen atoms in total. The molecule has 0 aliphatic heterocycles. The van der Waals surface area contributed by atoms with Crippen LogP contribution in [0.15, 0.2) is 84.9 Å². The Morgan fingerprint density at radius 2 is 1.39 bits per heavy atom. The van der Waals surface area contributed by atoms with Gasteiger partial charge < -0.3 is 20.1 Å². The Balaban J connectivity index is 1.44. The molecule has 0 saturated carbocycles. The molecule has 31 heavy (non-hydrogen) atoms. The minimum absolute atomic E-state index is 0.357. The van der Waals surface area contributed by atoms with Crippen LogP contribution in [-0.2, 0) is 14.3 Å². The first kappa shape index (κ1) is 21.6. The van der Waals surface area contributed by atoms with Crippen LogP contribution < -0.4 is 15.4 Å². The third kappa shape index (κ3) is 6.71. The van der Waals surface area contributed by atoms with Gasteiger partial charge in [0.15, 0.2) is 6.10 Å². The van der Waals surface area contributed by atoms with Crippen molar-refractivity contribution >= 4 is 23.5 Å². The van der Waals surface area contributed by atoms with Gasteiger partial charge in [0.25, 0.3) is 11.8 Å². The number of hydrogen-bond acceptors (Lipinski definition) is 5. The monoisotopic (exact) mass is 418 g/mol. The van der Waals surface area contributed by atoms with E-state index in [4.69, 9.17) is 9.47 Å². The maximum Gasteiger partial charge on any atom is 0.326 e. The number of benzene rings is 3. The van der Waals surface area contributed by atoms with Crippen LogP contribution in [0.25, 0.3) is 0 Å². The summed E-state index contributed by atoms with van der Waals surface area (Å²) in [5.41, 5.74) is 0.964. The van der Waals surface area contributed by atoms with Gasteiger partial charge in [0.2, 0.25) is 0 Å². The van der Waals surface area contributed by atoms with Crippen molar-refractivity contribution < 1.29 is 23.9 Å². The third-order valence-corrected chi connectivity index (χ3v) is 4.21. The van der Waals surface area contributed by atoms with Crippen LogP contribution in [-0.4, -0.2) is 30.4 Å². The van der Waals surface area contributed by atoms with Gasteiger partial charge in [-0.3, -0.25) is 14.4 Å². The number of ether oxygens (including phenoxy) is 2. The number of carbonyl (C=O) groups excluding carboxylic acids is 3. The van der Waals surface area contributed by atoms with E-state index in [1.165, 1.54) is 6.92 Å². The lowest BCUT2D eigenvalue weighted by molar-refractivity contribution is -0.152. The minimum atomic E-state index is -1.00. The number of amides is 2. The maximum absolute atomic E-state index is 12.2. The molecule has 0 spiro atoms. The topological polar surface area (TPSA) is 93.7 Å². The number of hydrogen-bond donors (Lipinski definition) is 2. The van der Waals surface area contributed by atoms with E-state index in [1.54, 1.807) is 48.5 Å². The first-order valence-corrected chi connectivity index (χ1v) is 9.68. The van der Waals surface area contributed by atoms with E-state index in [0.717, 1.165) is 0 Å². The molecular weight excluding hydrogens is 396 g/mol. The summed E-state index contributed by atoms with van der Waals surface area (Å²) in [6.45, 7) is 1.10. The van der Waals surface area contributed by atoms with Crippen molar-refractivity contribution in [2.75, 3.05) is 11.9 Å². The second kappa shape index (κ2) is 10.6. The number of anilines is 1. The van der Waals surface area contributed by atoms with Gasteiger partial charge in [-0.25, -0.2) is 0 Å². The summed E-state index contributed by atoms with van der Waals surface area (Å²) >= 11 is 0. The largest absolute Gasteiger partial charge is 0.457 e. The van der Waals surface area contributed by atoms with Crippen molar-refractivity contribution in [3.63, 3.8) is 0 Å². The molecule has 0 fully saturated rings. The second-order valence-corrected chi connectivity index (χ2v) is 6.61. The zero-order chi connectivity index (χ0) is 22.1. The molecule has 3 aromatic carbocycles. The van der Waals surface area contributed by atoms with E-state index in [0.29, 0.717) is 22.7 Å². The molecular formula is C24H22N2O5. The summed E-state index contributed by atoms with van der Waals surface area (Å²) in [7, 11) is 0. The molecule has 2 N–H and O–H groups in total. The van der Waals surface area contributed by atoms with Crippen LogP contribution in [0.4, 0.5) is 5.69 Å². The van der Waals surface area contributed by atoms with Crippen molar-refractivity contribution in [2.45, 2.75) is 13.0 Å². The Morgan fingerprint density at radius 3 is 2.03 bits per heavy atom. The molecule has 0 bridgehead atoms. The predicted molar refractivity (Wildman–Crippen MR) is 116 cm³/mol. The van der Waals surface area contributed by atoms with E-state index in [1.807, 2.05) is 36.4 Å². The first-order valence-electron chi connectivity index (χ1n) is 9.68. The molecule has 158 valence electrons. The SMILES string of the molecule is C[C@H](OC(=O)CNC(=O)c1ccc(Oc2ccccc2)cc1)C(=O)Nc1ccccc1. The summed E-state index contributed by atoms with van der Waals surface area (Å²) < 4.78 is 10.7. The van der Waals surface area contributed by atoms with E-state index < -0.39 is 23.9 Å². The fourth-order valence-corrected chi connectivity index (χ4v) is 2.61. The van der Waals surface area contributed by atoms with E-state index >= 15 is 0 Å². The lowest BCUT2D eigenvalue weighted by Crippen LogP contribution is -2.35. The molecule has 0 aliphatic carbocycles. The Morgan fingerprint density at radius 1 is 0.806 bits per heavy atom. The fraction of sp³-hybridized carbons (Fsp3) is 0.125. The Labute approximate surface area is 180 Å². The lowest BCUT2D eigenvalue weighted by Gasteiger charge is -2.14. The van der Waals surface area contributed by atoms with Crippen molar-refractivity contribution in [3.05, 3.63) is 90.5 Å². The molecule has 0 heterocycles. The van der Waals surface area contributed by atoms with Gasteiger partial charge in [0, 0.05) is 11.3 Å². The van der Waals surface area contributed by atoms with Crippen LogP contribution in [0, 0.1) is 0 Å². The molecule has 3 rings (SSSR count). The molecule has 0 aromatic heterocycles. The maximum atomic E-state index is 12.2. The average Bonchev–Trinajstić information content (AvgIpc) is 2.79. The summed E-state index contributed by atoms with van der Waals surface area (Å²) in [5.74, 6) is -0.342. The van der Waals surface area contributed by atoms with Gasteiger partial charge >= 0.3 is 5.97 Å². The fourth-order valence-electron chi connectivity index (χ4n) is 2.61. The highest BCUT2D eigenvalue weighted by Crippen LogP contribution is 2.21. The number of carbonyl (C=O) groups is 3. The number of para-hydroxylation sites is 2. The molecule has 1 atom stereocenters. The lowest BCUT2D eigenvalue weighted by atomic mass is 10.2. The highest BCUT2D eigenvalue weighted by atomic mass is 16.5. The Bertz CT molecular complexity index is 1020. The van der Waals surface area contributed by atoms with Crippen molar-refractivity contribution in [3.8, 4) is 11.5 Å². The van der Waals surface area contributed by atoms with E-state index in [-0.39, 0.29) is 6.54 Å². The van der Waals surface area contributed by atoms with E-state index in [2.05, 4.69) is 10.6 Å². The zero-order valence-corrected chi connectivity index (χ0v) is 16.9. The summed E-state index contributed by atoms with van der Waals surface area (Å²) in [4.78, 5) is 36.3. The van der Waals surface area contributed by atoms with Gasteiger partial charge in [-0.2, -0.15) is 0 Å². The van der Waals surface area contributed by atoms with Gasteiger partial charge in [0.05, 0.1) is 0 Å². The number of esters is 1. The van der Waals surface area contributed by atoms with Gasteiger partial charge in [-0.05, 0) is 55.5 Å². The normalized spacial score (nSPS) is 11.1. The third-order valence-electron chi connectivity index (χ3n) is 4.21. The van der Waals surface area contributed by atoms with Crippen LogP contribution in [0.2, 0.25) is 0 Å². The molecule has 2 amide bonds. The quantitative estimate of drug-likeness (QED) is 0.543. The molecule has 0 aliphatic rings. The highest BCUT2D eigenvalue weighted by molar-refractivity contribution is 5.97. The summed E-state index contributed by atoms with van der Waals surface area (Å²) in [6.07, 6.45) is -1.00. The summed E-state index contributed by atoms with van der Waals surface area (Å²) in [5, 5.41) is 5.12. The van der Waals surface area contributed by atoms with Crippen molar-refractivity contribution in [1.82, 2.24) is 5.32 Å². The van der Waals surface area contributed by atoms with Gasteiger partial charge in [0.1, 0.15) is 18.0 Å². The molecule has 0 radical (unpaired) electrons. The second-order valence-electron chi connectivity index (χ2n) is 6.61. The number of rotatable bonds is 8. The molecule has 7 heteroatoms. The highest BCUT2D eigenvalue weighted by Gasteiger charge is 2.18. The van der Waals surface area contributed by atoms with Gasteiger partial charge in [-0.15, -0.1) is 0 Å². The van der Waals surface area contributed by atoms with Crippen molar-refractivity contribution in [2.24, 2.45) is 0 Å². The van der Waals surface area contributed by atoms with Crippen LogP contribution in [0.3, 0.4) is 0 Å². The molecule has 0 saturated heterocycles. The minimum Gasteiger partial charge on any atom is -0.457 e. The van der Waals surface area contributed by atoms with Crippen molar-refractivity contribution in [1.29, 1.82) is 0 Å². The average molecular weight is 418 g/mol. The first-order chi connectivity index (χ1) is 15.0. The standard InChI is InChI=1S/C24H22N2O5/c1-17(23(28)26-19-8-4-2-5-9-19)30-22(27)16-25-24(29)18-12-14-21(15-13-18)31-20-10-6-3-7-11-20/h2-15,17H,16H2,1H3,(H,25,29)(H,26,28)/t17-/m0/s1. The van der Waals surface area contributed by atoms with Crippen LogP contribution in [0.5, 0.6) is 11.5 Å². The molecule has 3 aromatic rings. The zero-order valence-electron chi connectivity index (χ0n) is 16.9. The number of nitrogens with one attached hydrogen (secondary N) is 2.